The summed E-state index contributed by atoms with van der Waals surface area (Å²) in [4.78, 5) is 21.2. The number of likely N-dealkylation sites (tertiary alicyclic amines) is 1. The van der Waals surface area contributed by atoms with Gasteiger partial charge in [0.1, 0.15) is 5.60 Å². The van der Waals surface area contributed by atoms with Gasteiger partial charge < -0.3 is 25.2 Å². The minimum absolute atomic E-state index is 0.0610. The lowest BCUT2D eigenvalue weighted by Gasteiger charge is -2.28. The lowest BCUT2D eigenvalue weighted by molar-refractivity contribution is 0.0486. The topological polar surface area (TPSA) is 69.2 Å². The van der Waals surface area contributed by atoms with Gasteiger partial charge in [-0.1, -0.05) is 13.8 Å². The first-order chi connectivity index (χ1) is 13.6. The molecule has 1 amide bonds. The van der Waals surface area contributed by atoms with Gasteiger partial charge in [-0.25, -0.2) is 4.79 Å². The van der Waals surface area contributed by atoms with E-state index in [0.717, 1.165) is 31.9 Å². The summed E-state index contributed by atoms with van der Waals surface area (Å²) >= 11 is 0. The van der Waals surface area contributed by atoms with Crippen LogP contribution in [0.4, 0.5) is 4.79 Å². The summed E-state index contributed by atoms with van der Waals surface area (Å²) in [5, 5.41) is 6.48. The maximum atomic E-state index is 12.1. The zero-order valence-electron chi connectivity index (χ0n) is 19.9. The molecule has 1 fully saturated rings. The number of amides is 1. The number of unbranched alkanes of at least 4 members (excludes halogenated alkanes) is 1. The van der Waals surface area contributed by atoms with Gasteiger partial charge in [0.25, 0.3) is 0 Å². The van der Waals surface area contributed by atoms with Gasteiger partial charge in [0.05, 0.1) is 0 Å². The molecule has 0 aromatic carbocycles. The minimum atomic E-state index is -0.483. The molecule has 1 unspecified atom stereocenters. The first-order valence-electron chi connectivity index (χ1n) is 11.3. The molecule has 1 heterocycles. The van der Waals surface area contributed by atoms with E-state index in [1.54, 1.807) is 0 Å². The van der Waals surface area contributed by atoms with Crippen molar-refractivity contribution in [1.29, 1.82) is 0 Å². The molecule has 1 atom stereocenters. The highest BCUT2D eigenvalue weighted by molar-refractivity contribution is 5.79. The average molecular weight is 412 g/mol. The Bertz CT molecular complexity index is 496. The standard InChI is InChI=1S/C22H45N5O2/c1-18(2)19(25-21(28)29-22(3,4)5)12-17-26(7)20(23-6)24-13-8-9-14-27-15-10-11-16-27/h18-19H,8-17H2,1-7H3,(H,23,24)(H,25,28). The lowest BCUT2D eigenvalue weighted by atomic mass is 10.0. The third kappa shape index (κ3) is 11.3. The number of hydrogen-bond acceptors (Lipinski definition) is 4. The summed E-state index contributed by atoms with van der Waals surface area (Å²) in [5.74, 6) is 1.24. The summed E-state index contributed by atoms with van der Waals surface area (Å²) in [6.07, 6.45) is 5.58. The Morgan fingerprint density at radius 2 is 1.86 bits per heavy atom. The van der Waals surface area contributed by atoms with E-state index < -0.39 is 5.60 Å². The molecule has 0 aliphatic carbocycles. The van der Waals surface area contributed by atoms with Crippen molar-refractivity contribution < 1.29 is 9.53 Å². The first-order valence-corrected chi connectivity index (χ1v) is 11.3. The van der Waals surface area contributed by atoms with E-state index in [-0.39, 0.29) is 12.1 Å². The monoisotopic (exact) mass is 411 g/mol. The maximum absolute atomic E-state index is 12.1. The molecule has 7 nitrogen and oxygen atoms in total. The Balaban J connectivity index is 2.33. The first kappa shape index (κ1) is 25.5. The van der Waals surface area contributed by atoms with Gasteiger partial charge in [-0.3, -0.25) is 4.99 Å². The highest BCUT2D eigenvalue weighted by Crippen LogP contribution is 2.11. The van der Waals surface area contributed by atoms with Crippen LogP contribution in [0.5, 0.6) is 0 Å². The van der Waals surface area contributed by atoms with Crippen molar-refractivity contribution >= 4 is 12.1 Å². The highest BCUT2D eigenvalue weighted by atomic mass is 16.6. The molecule has 0 bridgehead atoms. The van der Waals surface area contributed by atoms with Gasteiger partial charge in [0.2, 0.25) is 0 Å². The van der Waals surface area contributed by atoms with Crippen molar-refractivity contribution in [3.63, 3.8) is 0 Å². The predicted molar refractivity (Wildman–Crippen MR) is 122 cm³/mol. The number of guanidine groups is 1. The van der Waals surface area contributed by atoms with E-state index in [1.807, 2.05) is 34.9 Å². The fourth-order valence-electron chi connectivity index (χ4n) is 3.52. The third-order valence-electron chi connectivity index (χ3n) is 5.24. The lowest BCUT2D eigenvalue weighted by Crippen LogP contribution is -2.45. The van der Waals surface area contributed by atoms with E-state index >= 15 is 0 Å². The smallest absolute Gasteiger partial charge is 0.407 e. The molecule has 0 radical (unpaired) electrons. The number of alkyl carbamates (subject to hydrolysis) is 1. The van der Waals surface area contributed by atoms with Crippen molar-refractivity contribution in [1.82, 2.24) is 20.4 Å². The Morgan fingerprint density at radius 1 is 1.21 bits per heavy atom. The van der Waals surface area contributed by atoms with E-state index in [2.05, 4.69) is 39.3 Å². The molecular formula is C22H45N5O2. The van der Waals surface area contributed by atoms with Crippen LogP contribution in [-0.4, -0.2) is 80.3 Å². The number of nitrogens with one attached hydrogen (secondary N) is 2. The fourth-order valence-corrected chi connectivity index (χ4v) is 3.52. The normalized spacial score (nSPS) is 16.8. The van der Waals surface area contributed by atoms with Crippen LogP contribution in [0.1, 0.15) is 66.7 Å². The molecule has 2 N–H and O–H groups in total. The van der Waals surface area contributed by atoms with Crippen molar-refractivity contribution in [2.45, 2.75) is 78.4 Å². The summed E-state index contributed by atoms with van der Waals surface area (Å²) in [6.45, 7) is 15.4. The van der Waals surface area contributed by atoms with E-state index in [0.29, 0.717) is 5.92 Å². The molecule has 0 aromatic heterocycles. The van der Waals surface area contributed by atoms with Crippen molar-refractivity contribution in [3.05, 3.63) is 0 Å². The van der Waals surface area contributed by atoms with Gasteiger partial charge in [-0.2, -0.15) is 0 Å². The summed E-state index contributed by atoms with van der Waals surface area (Å²) in [7, 11) is 3.87. The molecule has 0 aromatic rings. The summed E-state index contributed by atoms with van der Waals surface area (Å²) in [5.41, 5.74) is -0.483. The molecular weight excluding hydrogens is 366 g/mol. The maximum Gasteiger partial charge on any atom is 0.407 e. The quantitative estimate of drug-likeness (QED) is 0.328. The van der Waals surface area contributed by atoms with Crippen molar-refractivity contribution in [2.75, 3.05) is 46.8 Å². The van der Waals surface area contributed by atoms with Gasteiger partial charge in [-0.15, -0.1) is 0 Å². The average Bonchev–Trinajstić information content (AvgIpc) is 3.13. The number of carbonyl (C=O) groups is 1. The SMILES string of the molecule is CN=C(NCCCCN1CCCC1)N(C)CCC(NC(=O)OC(C)(C)C)C(C)C. The van der Waals surface area contributed by atoms with Crippen LogP contribution in [0.15, 0.2) is 4.99 Å². The number of hydrogen-bond donors (Lipinski definition) is 2. The van der Waals surface area contributed by atoms with Crippen LogP contribution in [-0.2, 0) is 4.74 Å². The van der Waals surface area contributed by atoms with Crippen molar-refractivity contribution in [3.8, 4) is 0 Å². The van der Waals surface area contributed by atoms with Crippen LogP contribution in [0.2, 0.25) is 0 Å². The minimum Gasteiger partial charge on any atom is -0.444 e. The highest BCUT2D eigenvalue weighted by Gasteiger charge is 2.22. The second-order valence-electron chi connectivity index (χ2n) is 9.44. The Labute approximate surface area is 178 Å². The number of nitrogens with zero attached hydrogens (tertiary/aromatic N) is 3. The van der Waals surface area contributed by atoms with Gasteiger partial charge in [-0.05, 0) is 78.4 Å². The Kier molecular flexibility index (Phi) is 11.4. The number of rotatable bonds is 10. The zero-order valence-corrected chi connectivity index (χ0v) is 19.9. The Morgan fingerprint density at radius 3 is 2.41 bits per heavy atom. The largest absolute Gasteiger partial charge is 0.444 e. The predicted octanol–water partition coefficient (Wildman–Crippen LogP) is 3.31. The van der Waals surface area contributed by atoms with Crippen LogP contribution < -0.4 is 10.6 Å². The number of aliphatic imine (C=N–C) groups is 1. The molecule has 0 spiro atoms. The molecule has 0 saturated carbocycles. The molecule has 1 aliphatic heterocycles. The van der Waals surface area contributed by atoms with Crippen molar-refractivity contribution in [2.24, 2.45) is 10.9 Å². The van der Waals surface area contributed by atoms with Gasteiger partial charge in [0, 0.05) is 33.2 Å². The van der Waals surface area contributed by atoms with E-state index in [4.69, 9.17) is 4.74 Å². The molecule has 1 aliphatic rings. The van der Waals surface area contributed by atoms with Crippen LogP contribution in [0.3, 0.4) is 0 Å². The second-order valence-corrected chi connectivity index (χ2v) is 9.44. The van der Waals surface area contributed by atoms with Crippen LogP contribution >= 0.6 is 0 Å². The fraction of sp³-hybridized carbons (Fsp3) is 0.909. The molecule has 29 heavy (non-hydrogen) atoms. The molecule has 170 valence electrons. The summed E-state index contributed by atoms with van der Waals surface area (Å²) < 4.78 is 5.40. The number of ether oxygens (including phenoxy) is 1. The molecule has 7 heteroatoms. The second kappa shape index (κ2) is 12.9. The van der Waals surface area contributed by atoms with Gasteiger partial charge in [0.15, 0.2) is 5.96 Å². The third-order valence-corrected chi connectivity index (χ3v) is 5.24. The van der Waals surface area contributed by atoms with E-state index in [1.165, 1.54) is 38.9 Å². The molecule has 1 rings (SSSR count). The van der Waals surface area contributed by atoms with E-state index in [9.17, 15) is 4.79 Å². The zero-order chi connectivity index (χ0) is 21.9. The van der Waals surface area contributed by atoms with Gasteiger partial charge >= 0.3 is 6.09 Å². The molecule has 1 saturated heterocycles. The van der Waals surface area contributed by atoms with Crippen LogP contribution in [0, 0.1) is 5.92 Å². The summed E-state index contributed by atoms with van der Waals surface area (Å²) in [6, 6.07) is 0.0610. The Hall–Kier alpha value is -1.50. The van der Waals surface area contributed by atoms with Crippen LogP contribution in [0.25, 0.3) is 0 Å². The number of carbonyl (C=O) groups excluding carboxylic acids is 1.